The average molecular weight is 302 g/mol. The van der Waals surface area contributed by atoms with Crippen LogP contribution >= 0.6 is 11.3 Å². The molecule has 0 spiro atoms. The van der Waals surface area contributed by atoms with Gasteiger partial charge in [-0.3, -0.25) is 4.79 Å². The second-order valence-electron chi connectivity index (χ2n) is 5.59. The Kier molecular flexibility index (Phi) is 5.02. The fraction of sp³-hybridized carbons (Fsp3) is 0.353. The molecule has 2 N–H and O–H groups in total. The minimum atomic E-state index is -0.0440. The molecule has 1 heterocycles. The molecule has 0 aliphatic carbocycles. The van der Waals surface area contributed by atoms with Crippen LogP contribution in [0.25, 0.3) is 0 Å². The maximum absolute atomic E-state index is 11.1. The summed E-state index contributed by atoms with van der Waals surface area (Å²) in [6, 6.07) is 10.6. The van der Waals surface area contributed by atoms with Crippen molar-refractivity contribution in [2.75, 3.05) is 10.6 Å². The van der Waals surface area contributed by atoms with Gasteiger partial charge >= 0.3 is 0 Å². The topological polar surface area (TPSA) is 41.1 Å². The number of thiophene rings is 1. The van der Waals surface area contributed by atoms with Crippen molar-refractivity contribution < 1.29 is 4.79 Å². The molecule has 112 valence electrons. The Morgan fingerprint density at radius 1 is 1.24 bits per heavy atom. The van der Waals surface area contributed by atoms with Crippen molar-refractivity contribution in [1.29, 1.82) is 0 Å². The van der Waals surface area contributed by atoms with Crippen molar-refractivity contribution >= 4 is 28.6 Å². The van der Waals surface area contributed by atoms with Crippen LogP contribution in [-0.4, -0.2) is 5.91 Å². The number of carbonyl (C=O) groups excluding carboxylic acids is 1. The number of rotatable bonds is 5. The number of carbonyl (C=O) groups is 1. The van der Waals surface area contributed by atoms with E-state index < -0.39 is 0 Å². The largest absolute Gasteiger partial charge is 0.377 e. The summed E-state index contributed by atoms with van der Waals surface area (Å²) in [6.45, 7) is 7.97. The van der Waals surface area contributed by atoms with Gasteiger partial charge in [-0.25, -0.2) is 0 Å². The van der Waals surface area contributed by atoms with Gasteiger partial charge in [0.1, 0.15) is 0 Å². The predicted octanol–water partition coefficient (Wildman–Crippen LogP) is 4.82. The zero-order valence-electron chi connectivity index (χ0n) is 12.9. The molecule has 0 fully saturated rings. The standard InChI is InChI=1S/C17H22N2OS/c1-11(2)17(16-6-5-9-21-16)19-14-7-8-15(12(3)10-14)18-13(4)20/h5-11,17,19H,1-4H3,(H,18,20). The number of amides is 1. The highest BCUT2D eigenvalue weighted by molar-refractivity contribution is 7.10. The van der Waals surface area contributed by atoms with E-state index in [1.807, 2.05) is 19.1 Å². The summed E-state index contributed by atoms with van der Waals surface area (Å²) in [5.41, 5.74) is 3.00. The molecular weight excluding hydrogens is 280 g/mol. The lowest BCUT2D eigenvalue weighted by atomic mass is 10.0. The SMILES string of the molecule is CC(=O)Nc1ccc(NC(c2cccs2)C(C)C)cc1C. The minimum Gasteiger partial charge on any atom is -0.377 e. The minimum absolute atomic E-state index is 0.0440. The molecule has 2 rings (SSSR count). The number of hydrogen-bond donors (Lipinski definition) is 2. The van der Waals surface area contributed by atoms with Gasteiger partial charge in [-0.2, -0.15) is 0 Å². The second-order valence-corrected chi connectivity index (χ2v) is 6.57. The van der Waals surface area contributed by atoms with E-state index in [9.17, 15) is 4.79 Å². The van der Waals surface area contributed by atoms with Gasteiger partial charge in [0.15, 0.2) is 0 Å². The molecule has 1 amide bonds. The van der Waals surface area contributed by atoms with Crippen LogP contribution in [0.1, 0.15) is 37.3 Å². The van der Waals surface area contributed by atoms with Crippen LogP contribution in [0.5, 0.6) is 0 Å². The lowest BCUT2D eigenvalue weighted by Gasteiger charge is -2.23. The van der Waals surface area contributed by atoms with Gasteiger partial charge in [-0.05, 0) is 48.1 Å². The van der Waals surface area contributed by atoms with Crippen LogP contribution in [0.15, 0.2) is 35.7 Å². The van der Waals surface area contributed by atoms with Crippen molar-refractivity contribution in [1.82, 2.24) is 0 Å². The normalized spacial score (nSPS) is 12.2. The number of aryl methyl sites for hydroxylation is 1. The Bertz CT molecular complexity index is 605. The molecule has 2 aromatic rings. The maximum atomic E-state index is 11.1. The summed E-state index contributed by atoms with van der Waals surface area (Å²) in [5.74, 6) is 0.455. The summed E-state index contributed by atoms with van der Waals surface area (Å²) in [6.07, 6.45) is 0. The zero-order chi connectivity index (χ0) is 15.4. The van der Waals surface area contributed by atoms with Gasteiger partial charge in [-0.1, -0.05) is 19.9 Å². The second kappa shape index (κ2) is 6.76. The Hall–Kier alpha value is -1.81. The fourth-order valence-corrected chi connectivity index (χ4v) is 3.25. The maximum Gasteiger partial charge on any atom is 0.221 e. The first kappa shape index (κ1) is 15.6. The van der Waals surface area contributed by atoms with E-state index in [0.717, 1.165) is 16.9 Å². The molecule has 0 radical (unpaired) electrons. The first-order valence-corrected chi connectivity index (χ1v) is 8.03. The molecule has 21 heavy (non-hydrogen) atoms. The van der Waals surface area contributed by atoms with E-state index >= 15 is 0 Å². The molecule has 1 unspecified atom stereocenters. The van der Waals surface area contributed by atoms with E-state index in [-0.39, 0.29) is 5.91 Å². The van der Waals surface area contributed by atoms with E-state index in [0.29, 0.717) is 12.0 Å². The Labute approximate surface area is 130 Å². The zero-order valence-corrected chi connectivity index (χ0v) is 13.8. The van der Waals surface area contributed by atoms with Gasteiger partial charge in [-0.15, -0.1) is 11.3 Å². The van der Waals surface area contributed by atoms with Gasteiger partial charge < -0.3 is 10.6 Å². The Balaban J connectivity index is 2.18. The number of anilines is 2. The summed E-state index contributed by atoms with van der Waals surface area (Å²) < 4.78 is 0. The monoisotopic (exact) mass is 302 g/mol. The van der Waals surface area contributed by atoms with Crippen LogP contribution in [0.2, 0.25) is 0 Å². The smallest absolute Gasteiger partial charge is 0.221 e. The highest BCUT2D eigenvalue weighted by Crippen LogP contribution is 2.30. The summed E-state index contributed by atoms with van der Waals surface area (Å²) in [5, 5.41) is 8.55. The van der Waals surface area contributed by atoms with Crippen molar-refractivity contribution in [3.8, 4) is 0 Å². The highest BCUT2D eigenvalue weighted by Gasteiger charge is 2.16. The van der Waals surface area contributed by atoms with E-state index in [1.54, 1.807) is 11.3 Å². The van der Waals surface area contributed by atoms with Crippen molar-refractivity contribution in [3.63, 3.8) is 0 Å². The molecule has 0 saturated carbocycles. The van der Waals surface area contributed by atoms with Crippen LogP contribution in [0.4, 0.5) is 11.4 Å². The van der Waals surface area contributed by atoms with E-state index in [1.165, 1.54) is 11.8 Å². The van der Waals surface area contributed by atoms with Crippen molar-refractivity contribution in [2.24, 2.45) is 5.92 Å². The van der Waals surface area contributed by atoms with Crippen molar-refractivity contribution in [2.45, 2.75) is 33.7 Å². The molecule has 3 nitrogen and oxygen atoms in total. The number of nitrogens with one attached hydrogen (secondary N) is 2. The average Bonchev–Trinajstić information content (AvgIpc) is 2.91. The van der Waals surface area contributed by atoms with Crippen molar-refractivity contribution in [3.05, 3.63) is 46.2 Å². The van der Waals surface area contributed by atoms with Gasteiger partial charge in [0, 0.05) is 23.2 Å². The van der Waals surface area contributed by atoms with Crippen LogP contribution in [-0.2, 0) is 4.79 Å². The summed E-state index contributed by atoms with van der Waals surface area (Å²) in [7, 11) is 0. The Morgan fingerprint density at radius 2 is 2.00 bits per heavy atom. The fourth-order valence-electron chi connectivity index (χ4n) is 2.30. The van der Waals surface area contributed by atoms with Crippen LogP contribution in [0, 0.1) is 12.8 Å². The lowest BCUT2D eigenvalue weighted by molar-refractivity contribution is -0.114. The molecule has 0 aliphatic heterocycles. The summed E-state index contributed by atoms with van der Waals surface area (Å²) in [4.78, 5) is 12.5. The quantitative estimate of drug-likeness (QED) is 0.831. The highest BCUT2D eigenvalue weighted by atomic mass is 32.1. The molecule has 4 heteroatoms. The molecule has 1 atom stereocenters. The third-order valence-corrected chi connectivity index (χ3v) is 4.33. The van der Waals surface area contributed by atoms with E-state index in [4.69, 9.17) is 0 Å². The number of hydrogen-bond acceptors (Lipinski definition) is 3. The third-order valence-electron chi connectivity index (χ3n) is 3.38. The van der Waals surface area contributed by atoms with Gasteiger partial charge in [0.05, 0.1) is 6.04 Å². The third kappa shape index (κ3) is 4.08. The molecule has 1 aromatic carbocycles. The van der Waals surface area contributed by atoms with Crippen LogP contribution < -0.4 is 10.6 Å². The first-order valence-electron chi connectivity index (χ1n) is 7.15. The summed E-state index contributed by atoms with van der Waals surface area (Å²) >= 11 is 1.77. The van der Waals surface area contributed by atoms with Crippen LogP contribution in [0.3, 0.4) is 0 Å². The van der Waals surface area contributed by atoms with Gasteiger partial charge in [0.25, 0.3) is 0 Å². The molecule has 0 saturated heterocycles. The number of benzene rings is 1. The Morgan fingerprint density at radius 3 is 2.52 bits per heavy atom. The van der Waals surface area contributed by atoms with E-state index in [2.05, 4.69) is 48.1 Å². The molecule has 0 bridgehead atoms. The molecular formula is C17H22N2OS. The predicted molar refractivity (Wildman–Crippen MR) is 91.0 cm³/mol. The molecule has 1 aromatic heterocycles. The first-order chi connectivity index (χ1) is 9.97. The molecule has 0 aliphatic rings. The van der Waals surface area contributed by atoms with Gasteiger partial charge in [0.2, 0.25) is 5.91 Å². The lowest BCUT2D eigenvalue weighted by Crippen LogP contribution is -2.16.